The molecule has 0 aliphatic carbocycles. The Balaban J connectivity index is 1.67. The third kappa shape index (κ3) is 4.13. The van der Waals surface area contributed by atoms with Crippen molar-refractivity contribution in [1.29, 1.82) is 0 Å². The number of nitrogens with zero attached hydrogens (tertiary/aromatic N) is 2. The highest BCUT2D eigenvalue weighted by Crippen LogP contribution is 2.38. The van der Waals surface area contributed by atoms with E-state index in [0.29, 0.717) is 17.8 Å². The van der Waals surface area contributed by atoms with Gasteiger partial charge in [-0.15, -0.1) is 11.3 Å². The molecule has 6 heteroatoms. The SMILES string of the molecule is CC(C)(C)[Si](C)(C)OCc1ccc(N2CCCC2c2csc(N)n2)cc1. The number of nitrogen functional groups attached to an aromatic ring is 1. The van der Waals surface area contributed by atoms with E-state index < -0.39 is 8.32 Å². The average Bonchev–Trinajstić information content (AvgIpc) is 3.21. The lowest BCUT2D eigenvalue weighted by Crippen LogP contribution is -2.40. The Morgan fingerprint density at radius 1 is 1.27 bits per heavy atom. The number of benzene rings is 1. The summed E-state index contributed by atoms with van der Waals surface area (Å²) in [5.74, 6) is 0. The molecule has 0 bridgehead atoms. The highest BCUT2D eigenvalue weighted by Gasteiger charge is 2.37. The standard InChI is InChI=1S/C20H31N3OSSi/c1-20(2,3)26(4,5)24-13-15-8-10-16(11-9-15)23-12-6-7-18(23)17-14-25-19(21)22-17/h8-11,14,18H,6-7,12-13H2,1-5H3,(H2,21,22). The van der Waals surface area contributed by atoms with Crippen LogP contribution in [0.2, 0.25) is 18.1 Å². The van der Waals surface area contributed by atoms with Gasteiger partial charge < -0.3 is 15.1 Å². The molecular weight excluding hydrogens is 358 g/mol. The molecule has 3 rings (SSSR count). The zero-order valence-corrected chi connectivity index (χ0v) is 18.4. The molecule has 1 aromatic carbocycles. The first-order chi connectivity index (χ1) is 12.2. The van der Waals surface area contributed by atoms with E-state index in [9.17, 15) is 0 Å². The van der Waals surface area contributed by atoms with E-state index in [2.05, 4.69) is 73.4 Å². The lowest BCUT2D eigenvalue weighted by molar-refractivity contribution is 0.276. The van der Waals surface area contributed by atoms with Crippen molar-refractivity contribution < 1.29 is 4.43 Å². The molecule has 1 fully saturated rings. The van der Waals surface area contributed by atoms with Crippen molar-refractivity contribution in [2.24, 2.45) is 0 Å². The molecule has 2 aromatic rings. The Kier molecular flexibility index (Phi) is 5.47. The van der Waals surface area contributed by atoms with E-state index >= 15 is 0 Å². The Morgan fingerprint density at radius 2 is 1.96 bits per heavy atom. The van der Waals surface area contributed by atoms with Crippen molar-refractivity contribution in [3.63, 3.8) is 0 Å². The highest BCUT2D eigenvalue weighted by atomic mass is 32.1. The first-order valence-electron chi connectivity index (χ1n) is 9.38. The number of hydrogen-bond donors (Lipinski definition) is 1. The smallest absolute Gasteiger partial charge is 0.192 e. The largest absolute Gasteiger partial charge is 0.413 e. The normalized spacial score (nSPS) is 18.5. The van der Waals surface area contributed by atoms with Gasteiger partial charge in [0.25, 0.3) is 0 Å². The first-order valence-corrected chi connectivity index (χ1v) is 13.2. The van der Waals surface area contributed by atoms with Gasteiger partial charge in [0.15, 0.2) is 13.4 Å². The second-order valence-electron chi connectivity index (χ2n) is 8.68. The summed E-state index contributed by atoms with van der Waals surface area (Å²) < 4.78 is 6.34. The molecule has 1 aromatic heterocycles. The molecule has 4 nitrogen and oxygen atoms in total. The summed E-state index contributed by atoms with van der Waals surface area (Å²) in [4.78, 5) is 6.96. The van der Waals surface area contributed by atoms with Gasteiger partial charge in [0, 0.05) is 17.6 Å². The quantitative estimate of drug-likeness (QED) is 0.677. The third-order valence-electron chi connectivity index (χ3n) is 5.81. The second kappa shape index (κ2) is 7.33. The number of rotatable bonds is 5. The molecule has 2 N–H and O–H groups in total. The van der Waals surface area contributed by atoms with Crippen LogP contribution < -0.4 is 10.6 Å². The Bertz CT molecular complexity index is 736. The van der Waals surface area contributed by atoms with E-state index in [1.54, 1.807) is 0 Å². The number of aromatic nitrogens is 1. The molecule has 1 unspecified atom stereocenters. The van der Waals surface area contributed by atoms with Crippen molar-refractivity contribution in [1.82, 2.24) is 4.98 Å². The van der Waals surface area contributed by atoms with Crippen LogP contribution in [0.3, 0.4) is 0 Å². The predicted molar refractivity (Wildman–Crippen MR) is 114 cm³/mol. The maximum absolute atomic E-state index is 6.34. The Hall–Kier alpha value is -1.37. The van der Waals surface area contributed by atoms with E-state index in [1.807, 2.05) is 0 Å². The lowest BCUT2D eigenvalue weighted by atomic mass is 10.1. The minimum atomic E-state index is -1.71. The van der Waals surface area contributed by atoms with Crippen molar-refractivity contribution in [3.05, 3.63) is 40.9 Å². The molecule has 0 radical (unpaired) electrons. The molecule has 2 heterocycles. The van der Waals surface area contributed by atoms with E-state index in [1.165, 1.54) is 29.0 Å². The van der Waals surface area contributed by atoms with Crippen LogP contribution in [0.15, 0.2) is 29.6 Å². The molecule has 1 aliphatic heterocycles. The fourth-order valence-electron chi connectivity index (χ4n) is 3.10. The number of nitrogens with two attached hydrogens (primary N) is 1. The van der Waals surface area contributed by atoms with Gasteiger partial charge in [-0.2, -0.15) is 0 Å². The van der Waals surface area contributed by atoms with E-state index in [-0.39, 0.29) is 5.04 Å². The average molecular weight is 390 g/mol. The Morgan fingerprint density at radius 3 is 2.54 bits per heavy atom. The number of thiazole rings is 1. The Labute approximate surface area is 162 Å². The highest BCUT2D eigenvalue weighted by molar-refractivity contribution is 7.13. The zero-order chi connectivity index (χ0) is 18.9. The monoisotopic (exact) mass is 389 g/mol. The maximum Gasteiger partial charge on any atom is 0.192 e. The van der Waals surface area contributed by atoms with E-state index in [0.717, 1.165) is 18.7 Å². The van der Waals surface area contributed by atoms with Gasteiger partial charge in [-0.1, -0.05) is 32.9 Å². The van der Waals surface area contributed by atoms with Gasteiger partial charge in [0.1, 0.15) is 0 Å². The van der Waals surface area contributed by atoms with Gasteiger partial charge in [-0.05, 0) is 48.7 Å². The van der Waals surface area contributed by atoms with Crippen LogP contribution in [0.4, 0.5) is 10.8 Å². The number of hydrogen-bond acceptors (Lipinski definition) is 5. The van der Waals surface area contributed by atoms with Crippen LogP contribution in [0.1, 0.15) is 50.9 Å². The summed E-state index contributed by atoms with van der Waals surface area (Å²) in [6.45, 7) is 13.2. The maximum atomic E-state index is 6.34. The van der Waals surface area contributed by atoms with Crippen LogP contribution in [-0.2, 0) is 11.0 Å². The molecular formula is C20H31N3OSSi. The molecule has 0 saturated carbocycles. The summed E-state index contributed by atoms with van der Waals surface area (Å²) in [6.07, 6.45) is 2.33. The van der Waals surface area contributed by atoms with Gasteiger partial charge in [-0.3, -0.25) is 0 Å². The van der Waals surface area contributed by atoms with Crippen molar-refractivity contribution >= 4 is 30.5 Å². The van der Waals surface area contributed by atoms with Crippen LogP contribution in [0.25, 0.3) is 0 Å². The minimum absolute atomic E-state index is 0.241. The van der Waals surface area contributed by atoms with Crippen molar-refractivity contribution in [3.8, 4) is 0 Å². The number of anilines is 2. The summed E-state index contributed by atoms with van der Waals surface area (Å²) in [5.41, 5.74) is 9.44. The van der Waals surface area contributed by atoms with E-state index in [4.69, 9.17) is 10.2 Å². The van der Waals surface area contributed by atoms with Gasteiger partial charge in [-0.25, -0.2) is 4.98 Å². The fourth-order valence-corrected chi connectivity index (χ4v) is 4.67. The van der Waals surface area contributed by atoms with Gasteiger partial charge in [0.05, 0.1) is 18.3 Å². The topological polar surface area (TPSA) is 51.4 Å². The van der Waals surface area contributed by atoms with Gasteiger partial charge in [0.2, 0.25) is 0 Å². The second-order valence-corrected chi connectivity index (χ2v) is 14.4. The molecule has 1 aliphatic rings. The fraction of sp³-hybridized carbons (Fsp3) is 0.550. The molecule has 142 valence electrons. The summed E-state index contributed by atoms with van der Waals surface area (Å²) in [6, 6.07) is 9.19. The lowest BCUT2D eigenvalue weighted by Gasteiger charge is -2.36. The molecule has 26 heavy (non-hydrogen) atoms. The summed E-state index contributed by atoms with van der Waals surface area (Å²) in [7, 11) is -1.71. The molecule has 1 atom stereocenters. The summed E-state index contributed by atoms with van der Waals surface area (Å²) >= 11 is 1.53. The van der Waals surface area contributed by atoms with Crippen molar-refractivity contribution in [2.45, 2.75) is 64.4 Å². The van der Waals surface area contributed by atoms with Crippen LogP contribution in [-0.4, -0.2) is 19.8 Å². The zero-order valence-electron chi connectivity index (χ0n) is 16.6. The molecule has 1 saturated heterocycles. The van der Waals surface area contributed by atoms with Crippen LogP contribution in [0.5, 0.6) is 0 Å². The third-order valence-corrected chi connectivity index (χ3v) is 11.0. The first kappa shape index (κ1) is 19.4. The van der Waals surface area contributed by atoms with Gasteiger partial charge >= 0.3 is 0 Å². The molecule has 0 spiro atoms. The predicted octanol–water partition coefficient (Wildman–Crippen LogP) is 5.59. The molecule has 0 amide bonds. The minimum Gasteiger partial charge on any atom is -0.413 e. The summed E-state index contributed by atoms with van der Waals surface area (Å²) in [5, 5.41) is 3.00. The van der Waals surface area contributed by atoms with Crippen LogP contribution >= 0.6 is 11.3 Å². The van der Waals surface area contributed by atoms with Crippen LogP contribution in [0, 0.1) is 0 Å². The van der Waals surface area contributed by atoms with Crippen molar-refractivity contribution in [2.75, 3.05) is 17.2 Å².